The molecule has 3 aromatic rings. The number of hydrogen-bond donors (Lipinski definition) is 1. The number of carbonyl (C=O) groups excluding carboxylic acids is 1. The Bertz CT molecular complexity index is 1060. The molecule has 0 bridgehead atoms. The lowest BCUT2D eigenvalue weighted by Gasteiger charge is -2.12. The van der Waals surface area contributed by atoms with Crippen molar-refractivity contribution in [3.8, 4) is 11.8 Å². The largest absolute Gasteiger partial charge is 0.454 e. The number of allylic oxidation sites excluding steroid dienone is 1. The fraction of sp³-hybridized carbons (Fsp3) is 0.0417. The van der Waals surface area contributed by atoms with E-state index in [0.29, 0.717) is 22.9 Å². The monoisotopic (exact) mass is 391 g/mol. The van der Waals surface area contributed by atoms with Crippen LogP contribution >= 0.6 is 0 Å². The van der Waals surface area contributed by atoms with Gasteiger partial charge in [0.05, 0.1) is 0 Å². The molecule has 0 saturated heterocycles. The summed E-state index contributed by atoms with van der Waals surface area (Å²) in [5, 5.41) is 2.88. The maximum Gasteiger partial charge on any atom is 0.454 e. The predicted octanol–water partition coefficient (Wildman–Crippen LogP) is 5.67. The van der Waals surface area contributed by atoms with Gasteiger partial charge in [-0.3, -0.25) is 4.79 Å². The summed E-state index contributed by atoms with van der Waals surface area (Å²) in [5.74, 6) is 4.10. The van der Waals surface area contributed by atoms with Gasteiger partial charge in [0.2, 0.25) is 0 Å². The van der Waals surface area contributed by atoms with E-state index in [9.17, 15) is 18.0 Å². The van der Waals surface area contributed by atoms with Gasteiger partial charge in [-0.1, -0.05) is 60.4 Å². The van der Waals surface area contributed by atoms with Crippen molar-refractivity contribution in [1.82, 2.24) is 0 Å². The minimum atomic E-state index is -4.94. The molecule has 3 rings (SSSR count). The summed E-state index contributed by atoms with van der Waals surface area (Å²) in [4.78, 5) is 11.5. The summed E-state index contributed by atoms with van der Waals surface area (Å²) in [6.07, 6.45) is -4.37. The first-order chi connectivity index (χ1) is 13.9. The zero-order valence-electron chi connectivity index (χ0n) is 15.2. The van der Waals surface area contributed by atoms with Crippen LogP contribution in [0.5, 0.6) is 0 Å². The molecule has 5 heteroatoms. The van der Waals surface area contributed by atoms with Gasteiger partial charge in [0.1, 0.15) is 0 Å². The molecule has 0 spiro atoms. The molecule has 0 aliphatic carbocycles. The van der Waals surface area contributed by atoms with Crippen molar-refractivity contribution in [3.63, 3.8) is 0 Å². The molecule has 0 radical (unpaired) electrons. The third kappa shape index (κ3) is 5.85. The molecule has 0 saturated carbocycles. The predicted molar refractivity (Wildman–Crippen MR) is 108 cm³/mol. The highest BCUT2D eigenvalue weighted by Crippen LogP contribution is 2.23. The van der Waals surface area contributed by atoms with E-state index >= 15 is 0 Å². The third-order valence-electron chi connectivity index (χ3n) is 3.93. The molecule has 0 aromatic heterocycles. The molecule has 3 aromatic carbocycles. The van der Waals surface area contributed by atoms with Crippen molar-refractivity contribution >= 4 is 17.2 Å². The molecular formula is C24H16F3NO. The molecule has 0 fully saturated rings. The highest BCUT2D eigenvalue weighted by Gasteiger charge is 2.36. The summed E-state index contributed by atoms with van der Waals surface area (Å²) < 4.78 is 38.2. The van der Waals surface area contributed by atoms with Gasteiger partial charge in [-0.15, -0.1) is 0 Å². The van der Waals surface area contributed by atoms with Crippen LogP contribution in [-0.2, 0) is 4.79 Å². The van der Waals surface area contributed by atoms with Crippen LogP contribution in [0.15, 0.2) is 91.0 Å². The van der Waals surface area contributed by atoms with Crippen molar-refractivity contribution in [2.75, 3.05) is 5.32 Å². The number of halogens is 3. The first-order valence-corrected chi connectivity index (χ1v) is 8.74. The van der Waals surface area contributed by atoms with Crippen LogP contribution in [-0.4, -0.2) is 12.0 Å². The van der Waals surface area contributed by atoms with E-state index in [2.05, 4.69) is 17.2 Å². The van der Waals surface area contributed by atoms with Crippen molar-refractivity contribution in [3.05, 3.63) is 108 Å². The Morgan fingerprint density at radius 2 is 1.28 bits per heavy atom. The number of ketones is 1. The summed E-state index contributed by atoms with van der Waals surface area (Å²) in [5.41, 5.74) is 2.64. The second kappa shape index (κ2) is 8.94. The van der Waals surface area contributed by atoms with E-state index in [0.717, 1.165) is 5.56 Å². The highest BCUT2D eigenvalue weighted by atomic mass is 19.4. The lowest BCUT2D eigenvalue weighted by molar-refractivity contribution is -0.165. The smallest absolute Gasteiger partial charge is 0.355 e. The second-order valence-corrected chi connectivity index (χ2v) is 6.10. The number of anilines is 1. The van der Waals surface area contributed by atoms with Crippen LogP contribution in [0.4, 0.5) is 18.9 Å². The average Bonchev–Trinajstić information content (AvgIpc) is 2.73. The van der Waals surface area contributed by atoms with Gasteiger partial charge >= 0.3 is 6.18 Å². The molecule has 0 heterocycles. The van der Waals surface area contributed by atoms with Crippen LogP contribution in [0.3, 0.4) is 0 Å². The van der Waals surface area contributed by atoms with E-state index in [1.165, 1.54) is 0 Å². The molecular weight excluding hydrogens is 375 g/mol. The number of hydrogen-bond acceptors (Lipinski definition) is 2. The fourth-order valence-electron chi connectivity index (χ4n) is 2.48. The molecule has 0 aliphatic heterocycles. The quantitative estimate of drug-likeness (QED) is 0.459. The van der Waals surface area contributed by atoms with Gasteiger partial charge < -0.3 is 5.32 Å². The van der Waals surface area contributed by atoms with Gasteiger partial charge in [-0.2, -0.15) is 13.2 Å². The fourth-order valence-corrected chi connectivity index (χ4v) is 2.48. The number of nitrogens with one attached hydrogen (secondary N) is 1. The van der Waals surface area contributed by atoms with Gasteiger partial charge in [0.15, 0.2) is 0 Å². The summed E-state index contributed by atoms with van der Waals surface area (Å²) >= 11 is 0. The molecule has 0 atom stereocenters. The van der Waals surface area contributed by atoms with Gasteiger partial charge in [-0.05, 0) is 42.0 Å². The van der Waals surface area contributed by atoms with Gasteiger partial charge in [0, 0.05) is 28.6 Å². The minimum absolute atomic E-state index is 0.0566. The van der Waals surface area contributed by atoms with Gasteiger partial charge in [0.25, 0.3) is 5.78 Å². The Morgan fingerprint density at radius 1 is 0.759 bits per heavy atom. The molecule has 0 unspecified atom stereocenters. The summed E-state index contributed by atoms with van der Waals surface area (Å²) in [6, 6.07) is 24.8. The Labute approximate surface area is 166 Å². The number of rotatable bonds is 4. The lowest BCUT2D eigenvalue weighted by atomic mass is 10.1. The van der Waals surface area contributed by atoms with E-state index in [-0.39, 0.29) is 5.70 Å². The van der Waals surface area contributed by atoms with Crippen LogP contribution in [0.2, 0.25) is 0 Å². The van der Waals surface area contributed by atoms with Crippen LogP contribution in [0, 0.1) is 11.8 Å². The molecule has 0 amide bonds. The van der Waals surface area contributed by atoms with Gasteiger partial charge in [-0.25, -0.2) is 0 Å². The molecule has 144 valence electrons. The van der Waals surface area contributed by atoms with Crippen molar-refractivity contribution in [1.29, 1.82) is 0 Å². The molecule has 2 nitrogen and oxygen atoms in total. The topological polar surface area (TPSA) is 29.1 Å². The summed E-state index contributed by atoms with van der Waals surface area (Å²) in [7, 11) is 0. The number of alkyl halides is 3. The maximum absolute atomic E-state index is 12.7. The van der Waals surface area contributed by atoms with Crippen LogP contribution in [0.25, 0.3) is 5.70 Å². The molecule has 29 heavy (non-hydrogen) atoms. The number of benzene rings is 3. The normalized spacial score (nSPS) is 11.3. The van der Waals surface area contributed by atoms with E-state index in [4.69, 9.17) is 0 Å². The van der Waals surface area contributed by atoms with E-state index < -0.39 is 12.0 Å². The first-order valence-electron chi connectivity index (χ1n) is 8.74. The maximum atomic E-state index is 12.7. The molecule has 1 N–H and O–H groups in total. The average molecular weight is 391 g/mol. The number of carbonyl (C=O) groups is 1. The van der Waals surface area contributed by atoms with Crippen LogP contribution in [0.1, 0.15) is 16.7 Å². The SMILES string of the molecule is O=C(/C=C(\Nc1ccccc1)c1ccc(C#Cc2ccccc2)cc1)C(F)(F)F. The molecule has 0 aliphatic rings. The minimum Gasteiger partial charge on any atom is -0.355 e. The second-order valence-electron chi connectivity index (χ2n) is 6.10. The Hall–Kier alpha value is -3.78. The third-order valence-corrected chi connectivity index (χ3v) is 3.93. The highest BCUT2D eigenvalue weighted by molar-refractivity contribution is 6.02. The Kier molecular flexibility index (Phi) is 6.16. The van der Waals surface area contributed by atoms with E-state index in [1.54, 1.807) is 54.6 Å². The zero-order chi connectivity index (χ0) is 20.7. The standard InChI is InChI=1S/C24H16F3NO/c25-24(26,27)23(29)17-22(28-21-9-5-2-6-10-21)20-15-13-19(14-16-20)12-11-18-7-3-1-4-8-18/h1-10,13-17,28H/b22-17-. The first kappa shape index (κ1) is 20.0. The Morgan fingerprint density at radius 3 is 1.83 bits per heavy atom. The van der Waals surface area contributed by atoms with E-state index in [1.807, 2.05) is 30.3 Å². The van der Waals surface area contributed by atoms with Crippen LogP contribution < -0.4 is 5.32 Å². The number of para-hydroxylation sites is 1. The zero-order valence-corrected chi connectivity index (χ0v) is 15.2. The Balaban J connectivity index is 1.88. The summed E-state index contributed by atoms with van der Waals surface area (Å²) in [6.45, 7) is 0. The lowest BCUT2D eigenvalue weighted by Crippen LogP contribution is -2.21. The van der Waals surface area contributed by atoms with Crippen molar-refractivity contribution in [2.45, 2.75) is 6.18 Å². The van der Waals surface area contributed by atoms with Crippen molar-refractivity contribution < 1.29 is 18.0 Å². The van der Waals surface area contributed by atoms with Crippen molar-refractivity contribution in [2.24, 2.45) is 0 Å².